The average molecular weight is 248 g/mol. The largest absolute Gasteiger partial charge is 0.383 e. The molecule has 0 atom stereocenters. The number of carbonyl (C=O) groups is 1. The van der Waals surface area contributed by atoms with Gasteiger partial charge in [-0.2, -0.15) is 5.10 Å². The van der Waals surface area contributed by atoms with Gasteiger partial charge in [0.05, 0.1) is 30.6 Å². The SMILES string of the molecule is COCCNCC(=O)Nc1cccc2cn[nH]c12. The van der Waals surface area contributed by atoms with Gasteiger partial charge in [0, 0.05) is 19.0 Å². The Morgan fingerprint density at radius 2 is 2.39 bits per heavy atom. The summed E-state index contributed by atoms with van der Waals surface area (Å²) < 4.78 is 4.88. The Morgan fingerprint density at radius 3 is 3.22 bits per heavy atom. The van der Waals surface area contributed by atoms with Gasteiger partial charge in [0.15, 0.2) is 0 Å². The fourth-order valence-corrected chi connectivity index (χ4v) is 1.64. The molecule has 0 radical (unpaired) electrons. The van der Waals surface area contributed by atoms with E-state index in [2.05, 4.69) is 20.8 Å². The first-order valence-electron chi connectivity index (χ1n) is 5.73. The molecule has 2 aromatic rings. The van der Waals surface area contributed by atoms with E-state index < -0.39 is 0 Å². The van der Waals surface area contributed by atoms with Crippen LogP contribution in [-0.4, -0.2) is 42.9 Å². The zero-order valence-corrected chi connectivity index (χ0v) is 10.2. The molecule has 0 unspecified atom stereocenters. The van der Waals surface area contributed by atoms with Crippen molar-refractivity contribution in [3.63, 3.8) is 0 Å². The summed E-state index contributed by atoms with van der Waals surface area (Å²) in [7, 11) is 1.63. The molecule has 3 N–H and O–H groups in total. The van der Waals surface area contributed by atoms with Crippen LogP contribution in [0.15, 0.2) is 24.4 Å². The van der Waals surface area contributed by atoms with E-state index in [-0.39, 0.29) is 12.5 Å². The van der Waals surface area contributed by atoms with Crippen LogP contribution in [0.5, 0.6) is 0 Å². The van der Waals surface area contributed by atoms with Crippen molar-refractivity contribution in [2.24, 2.45) is 0 Å². The summed E-state index contributed by atoms with van der Waals surface area (Å²) in [5.41, 5.74) is 1.58. The quantitative estimate of drug-likeness (QED) is 0.659. The summed E-state index contributed by atoms with van der Waals surface area (Å²) in [6, 6.07) is 5.66. The minimum absolute atomic E-state index is 0.0896. The minimum atomic E-state index is -0.0896. The molecule has 0 bridgehead atoms. The van der Waals surface area contributed by atoms with E-state index in [9.17, 15) is 4.79 Å². The van der Waals surface area contributed by atoms with E-state index in [0.29, 0.717) is 13.2 Å². The van der Waals surface area contributed by atoms with Crippen molar-refractivity contribution in [3.05, 3.63) is 24.4 Å². The number of rotatable bonds is 6. The number of hydrogen-bond donors (Lipinski definition) is 3. The van der Waals surface area contributed by atoms with Gasteiger partial charge in [-0.1, -0.05) is 12.1 Å². The molecule has 0 saturated carbocycles. The van der Waals surface area contributed by atoms with Crippen LogP contribution in [0.1, 0.15) is 0 Å². The number of H-pyrrole nitrogens is 1. The van der Waals surface area contributed by atoms with Crippen molar-refractivity contribution >= 4 is 22.5 Å². The van der Waals surface area contributed by atoms with Crippen LogP contribution < -0.4 is 10.6 Å². The minimum Gasteiger partial charge on any atom is -0.383 e. The Labute approximate surface area is 105 Å². The van der Waals surface area contributed by atoms with Gasteiger partial charge in [0.2, 0.25) is 5.91 Å². The molecule has 0 aliphatic heterocycles. The van der Waals surface area contributed by atoms with Gasteiger partial charge in [-0.3, -0.25) is 9.89 Å². The maximum Gasteiger partial charge on any atom is 0.238 e. The highest BCUT2D eigenvalue weighted by Gasteiger charge is 2.06. The summed E-state index contributed by atoms with van der Waals surface area (Å²) in [6.45, 7) is 1.50. The third-order valence-corrected chi connectivity index (χ3v) is 2.52. The first-order chi connectivity index (χ1) is 8.81. The Morgan fingerprint density at radius 1 is 1.50 bits per heavy atom. The monoisotopic (exact) mass is 248 g/mol. The van der Waals surface area contributed by atoms with Crippen LogP contribution in [0.2, 0.25) is 0 Å². The van der Waals surface area contributed by atoms with Gasteiger partial charge in [-0.25, -0.2) is 0 Å². The molecule has 96 valence electrons. The van der Waals surface area contributed by atoms with Gasteiger partial charge in [-0.15, -0.1) is 0 Å². The molecule has 6 nitrogen and oxygen atoms in total. The highest BCUT2D eigenvalue weighted by molar-refractivity contribution is 6.00. The number of fused-ring (bicyclic) bond motifs is 1. The van der Waals surface area contributed by atoms with E-state index in [1.807, 2.05) is 18.2 Å². The smallest absolute Gasteiger partial charge is 0.238 e. The molecular weight excluding hydrogens is 232 g/mol. The maximum absolute atomic E-state index is 11.7. The van der Waals surface area contributed by atoms with Crippen LogP contribution in [0.3, 0.4) is 0 Å². The predicted octanol–water partition coefficient (Wildman–Crippen LogP) is 0.737. The van der Waals surface area contributed by atoms with Gasteiger partial charge >= 0.3 is 0 Å². The van der Waals surface area contributed by atoms with Crippen molar-refractivity contribution in [2.45, 2.75) is 0 Å². The van der Waals surface area contributed by atoms with E-state index in [1.165, 1.54) is 0 Å². The fourth-order valence-electron chi connectivity index (χ4n) is 1.64. The molecule has 0 aliphatic rings. The van der Waals surface area contributed by atoms with Crippen molar-refractivity contribution in [1.29, 1.82) is 0 Å². The maximum atomic E-state index is 11.7. The Bertz CT molecular complexity index is 524. The summed E-state index contributed by atoms with van der Waals surface area (Å²) in [5.74, 6) is -0.0896. The average Bonchev–Trinajstić information content (AvgIpc) is 2.84. The highest BCUT2D eigenvalue weighted by atomic mass is 16.5. The van der Waals surface area contributed by atoms with E-state index >= 15 is 0 Å². The second-order valence-corrected chi connectivity index (χ2v) is 3.86. The van der Waals surface area contributed by atoms with Crippen molar-refractivity contribution in [1.82, 2.24) is 15.5 Å². The van der Waals surface area contributed by atoms with Crippen LogP contribution in [0.25, 0.3) is 10.9 Å². The van der Waals surface area contributed by atoms with Gasteiger partial charge in [0.25, 0.3) is 0 Å². The predicted molar refractivity (Wildman–Crippen MR) is 69.5 cm³/mol. The Kier molecular flexibility index (Phi) is 4.27. The molecule has 0 aliphatic carbocycles. The Balaban J connectivity index is 1.92. The third kappa shape index (κ3) is 3.06. The van der Waals surface area contributed by atoms with Crippen LogP contribution >= 0.6 is 0 Å². The molecule has 0 spiro atoms. The number of aromatic amines is 1. The number of aromatic nitrogens is 2. The number of methoxy groups -OCH3 is 1. The lowest BCUT2D eigenvalue weighted by atomic mass is 10.2. The van der Waals surface area contributed by atoms with Crippen molar-refractivity contribution in [2.75, 3.05) is 32.1 Å². The number of nitrogens with zero attached hydrogens (tertiary/aromatic N) is 1. The van der Waals surface area contributed by atoms with Crippen molar-refractivity contribution < 1.29 is 9.53 Å². The first-order valence-corrected chi connectivity index (χ1v) is 5.73. The number of benzene rings is 1. The van der Waals surface area contributed by atoms with E-state index in [1.54, 1.807) is 13.3 Å². The molecule has 6 heteroatoms. The topological polar surface area (TPSA) is 79.0 Å². The fraction of sp³-hybridized carbons (Fsp3) is 0.333. The number of carbonyl (C=O) groups excluding carboxylic acids is 1. The Hall–Kier alpha value is -1.92. The summed E-state index contributed by atoms with van der Waals surface area (Å²) >= 11 is 0. The molecule has 0 saturated heterocycles. The molecule has 1 aromatic carbocycles. The zero-order chi connectivity index (χ0) is 12.8. The second-order valence-electron chi connectivity index (χ2n) is 3.86. The van der Waals surface area contributed by atoms with Crippen LogP contribution in [0.4, 0.5) is 5.69 Å². The molecular formula is C12H16N4O2. The highest BCUT2D eigenvalue weighted by Crippen LogP contribution is 2.19. The molecule has 1 heterocycles. The zero-order valence-electron chi connectivity index (χ0n) is 10.2. The van der Waals surface area contributed by atoms with Gasteiger partial charge < -0.3 is 15.4 Å². The second kappa shape index (κ2) is 6.13. The summed E-state index contributed by atoms with van der Waals surface area (Å²) in [5, 5.41) is 13.6. The molecule has 1 amide bonds. The number of nitrogens with one attached hydrogen (secondary N) is 3. The number of ether oxygens (including phenoxy) is 1. The van der Waals surface area contributed by atoms with Crippen LogP contribution in [-0.2, 0) is 9.53 Å². The van der Waals surface area contributed by atoms with Gasteiger partial charge in [0.1, 0.15) is 0 Å². The van der Waals surface area contributed by atoms with E-state index in [0.717, 1.165) is 16.6 Å². The first kappa shape index (κ1) is 12.5. The van der Waals surface area contributed by atoms with E-state index in [4.69, 9.17) is 4.74 Å². The van der Waals surface area contributed by atoms with Gasteiger partial charge in [-0.05, 0) is 6.07 Å². The molecule has 1 aromatic heterocycles. The molecule has 2 rings (SSSR count). The summed E-state index contributed by atoms with van der Waals surface area (Å²) in [6.07, 6.45) is 1.72. The third-order valence-electron chi connectivity index (χ3n) is 2.52. The van der Waals surface area contributed by atoms with Crippen molar-refractivity contribution in [3.8, 4) is 0 Å². The lowest BCUT2D eigenvalue weighted by molar-refractivity contribution is -0.115. The number of hydrogen-bond acceptors (Lipinski definition) is 4. The molecule has 0 fully saturated rings. The normalized spacial score (nSPS) is 10.7. The van der Waals surface area contributed by atoms with Crippen LogP contribution in [0, 0.1) is 0 Å². The number of amides is 1. The lowest BCUT2D eigenvalue weighted by Gasteiger charge is -2.07. The number of para-hydroxylation sites is 1. The standard InChI is InChI=1S/C12H16N4O2/c1-18-6-5-13-8-11(17)15-10-4-2-3-9-7-14-16-12(9)10/h2-4,7,13H,5-6,8H2,1H3,(H,14,16)(H,15,17). The lowest BCUT2D eigenvalue weighted by Crippen LogP contribution is -2.30. The number of anilines is 1. The summed E-state index contributed by atoms with van der Waals surface area (Å²) in [4.78, 5) is 11.7. The molecule has 18 heavy (non-hydrogen) atoms.